The van der Waals surface area contributed by atoms with Crippen LogP contribution < -0.4 is 5.73 Å². The standard InChI is InChI=1S/C11H13N3O2S/c1-7-9(13)4-10(17-7)11(15)14-2-3-16-8(5-12)6-14/h4,8H,2-3,6,13H2,1H3. The molecule has 0 aromatic carbocycles. The smallest absolute Gasteiger partial charge is 0.264 e. The van der Waals surface area contributed by atoms with E-state index in [1.54, 1.807) is 11.0 Å². The average Bonchev–Trinajstić information content (AvgIpc) is 2.69. The van der Waals surface area contributed by atoms with Crippen LogP contribution in [0.1, 0.15) is 14.5 Å². The summed E-state index contributed by atoms with van der Waals surface area (Å²) >= 11 is 1.39. The molecule has 1 atom stereocenters. The van der Waals surface area contributed by atoms with Crippen LogP contribution in [0.2, 0.25) is 0 Å². The summed E-state index contributed by atoms with van der Waals surface area (Å²) in [6.45, 7) is 3.14. The number of hydrogen-bond acceptors (Lipinski definition) is 5. The van der Waals surface area contributed by atoms with Crippen LogP contribution in [0.5, 0.6) is 0 Å². The van der Waals surface area contributed by atoms with Gasteiger partial charge in [-0.3, -0.25) is 4.79 Å². The predicted octanol–water partition coefficient (Wildman–Crippen LogP) is 1.00. The monoisotopic (exact) mass is 251 g/mol. The normalized spacial score (nSPS) is 20.0. The largest absolute Gasteiger partial charge is 0.398 e. The maximum atomic E-state index is 12.1. The van der Waals surface area contributed by atoms with Crippen molar-refractivity contribution >= 4 is 22.9 Å². The third kappa shape index (κ3) is 2.40. The second-order valence-electron chi connectivity index (χ2n) is 3.86. The van der Waals surface area contributed by atoms with Crippen molar-refractivity contribution in [2.45, 2.75) is 13.0 Å². The Hall–Kier alpha value is -1.58. The van der Waals surface area contributed by atoms with E-state index in [1.165, 1.54) is 11.3 Å². The summed E-state index contributed by atoms with van der Waals surface area (Å²) in [4.78, 5) is 15.4. The Labute approximate surface area is 103 Å². The molecule has 0 spiro atoms. The van der Waals surface area contributed by atoms with Crippen LogP contribution in [0.15, 0.2) is 6.07 Å². The number of thiophene rings is 1. The van der Waals surface area contributed by atoms with E-state index in [-0.39, 0.29) is 5.91 Å². The van der Waals surface area contributed by atoms with E-state index in [0.29, 0.717) is 30.3 Å². The first kappa shape index (κ1) is 11.9. The van der Waals surface area contributed by atoms with Gasteiger partial charge < -0.3 is 15.4 Å². The summed E-state index contributed by atoms with van der Waals surface area (Å²) in [5.41, 5.74) is 6.37. The fourth-order valence-electron chi connectivity index (χ4n) is 1.67. The quantitative estimate of drug-likeness (QED) is 0.807. The van der Waals surface area contributed by atoms with E-state index in [2.05, 4.69) is 0 Å². The molecule has 1 saturated heterocycles. The summed E-state index contributed by atoms with van der Waals surface area (Å²) in [7, 11) is 0. The third-order valence-electron chi connectivity index (χ3n) is 2.66. The third-order valence-corrected chi connectivity index (χ3v) is 3.72. The zero-order valence-corrected chi connectivity index (χ0v) is 10.3. The summed E-state index contributed by atoms with van der Waals surface area (Å²) in [6, 6.07) is 3.71. The van der Waals surface area contributed by atoms with Crippen LogP contribution in [0.25, 0.3) is 0 Å². The number of carbonyl (C=O) groups is 1. The summed E-state index contributed by atoms with van der Waals surface area (Å²) in [6.07, 6.45) is -0.522. The van der Waals surface area contributed by atoms with Crippen LogP contribution >= 0.6 is 11.3 Å². The Kier molecular flexibility index (Phi) is 3.31. The number of nitriles is 1. The van der Waals surface area contributed by atoms with Crippen LogP contribution in [0.3, 0.4) is 0 Å². The molecule has 1 aromatic heterocycles. The first-order valence-corrected chi connectivity index (χ1v) is 6.10. The maximum Gasteiger partial charge on any atom is 0.264 e. The van der Waals surface area contributed by atoms with E-state index in [1.807, 2.05) is 13.0 Å². The van der Waals surface area contributed by atoms with Crippen LogP contribution in [0, 0.1) is 18.3 Å². The maximum absolute atomic E-state index is 12.1. The molecular formula is C11H13N3O2S. The molecule has 2 rings (SSSR count). The zero-order valence-electron chi connectivity index (χ0n) is 9.47. The van der Waals surface area contributed by atoms with E-state index < -0.39 is 6.10 Å². The first-order chi connectivity index (χ1) is 8.11. The van der Waals surface area contributed by atoms with Gasteiger partial charge in [0.15, 0.2) is 6.10 Å². The summed E-state index contributed by atoms with van der Waals surface area (Å²) in [5, 5.41) is 8.78. The Morgan fingerprint density at radius 1 is 1.76 bits per heavy atom. The van der Waals surface area contributed by atoms with Crippen molar-refractivity contribution in [3.63, 3.8) is 0 Å². The highest BCUT2D eigenvalue weighted by atomic mass is 32.1. The van der Waals surface area contributed by atoms with Gasteiger partial charge in [0, 0.05) is 17.1 Å². The number of carbonyl (C=O) groups excluding carboxylic acids is 1. The van der Waals surface area contributed by atoms with E-state index >= 15 is 0 Å². The Balaban J connectivity index is 2.12. The van der Waals surface area contributed by atoms with Crippen molar-refractivity contribution in [3.05, 3.63) is 15.8 Å². The number of nitrogen functional groups attached to an aromatic ring is 1. The minimum atomic E-state index is -0.522. The number of nitrogens with zero attached hydrogens (tertiary/aromatic N) is 2. The van der Waals surface area contributed by atoms with Gasteiger partial charge in [-0.25, -0.2) is 0 Å². The molecular weight excluding hydrogens is 238 g/mol. The highest BCUT2D eigenvalue weighted by molar-refractivity contribution is 7.14. The lowest BCUT2D eigenvalue weighted by atomic mass is 10.2. The number of anilines is 1. The lowest BCUT2D eigenvalue weighted by Crippen LogP contribution is -2.44. The molecule has 1 aliphatic rings. The number of hydrogen-bond donors (Lipinski definition) is 1. The van der Waals surface area contributed by atoms with Crippen LogP contribution in [-0.4, -0.2) is 36.6 Å². The molecule has 1 unspecified atom stereocenters. The molecule has 17 heavy (non-hydrogen) atoms. The minimum absolute atomic E-state index is 0.0710. The number of morpholine rings is 1. The first-order valence-electron chi connectivity index (χ1n) is 5.28. The van der Waals surface area contributed by atoms with Gasteiger partial charge in [-0.05, 0) is 13.0 Å². The van der Waals surface area contributed by atoms with E-state index in [9.17, 15) is 4.79 Å². The van der Waals surface area contributed by atoms with Crippen LogP contribution in [0.4, 0.5) is 5.69 Å². The predicted molar refractivity (Wildman–Crippen MR) is 64.7 cm³/mol. The van der Waals surface area contributed by atoms with Gasteiger partial charge in [-0.1, -0.05) is 0 Å². The van der Waals surface area contributed by atoms with Crippen molar-refractivity contribution in [3.8, 4) is 6.07 Å². The average molecular weight is 251 g/mol. The molecule has 90 valence electrons. The fraction of sp³-hybridized carbons (Fsp3) is 0.455. The SMILES string of the molecule is Cc1sc(C(=O)N2CCOC(C#N)C2)cc1N. The van der Waals surface area contributed by atoms with Gasteiger partial charge in [0.2, 0.25) is 0 Å². The molecule has 5 nitrogen and oxygen atoms in total. The summed E-state index contributed by atoms with van der Waals surface area (Å²) in [5.74, 6) is -0.0710. The lowest BCUT2D eigenvalue weighted by molar-refractivity contribution is 0.00369. The minimum Gasteiger partial charge on any atom is -0.398 e. The molecule has 0 bridgehead atoms. The number of nitrogens with two attached hydrogens (primary N) is 1. The molecule has 1 amide bonds. The molecule has 6 heteroatoms. The van der Waals surface area contributed by atoms with Gasteiger partial charge in [0.05, 0.1) is 24.1 Å². The highest BCUT2D eigenvalue weighted by Crippen LogP contribution is 2.25. The van der Waals surface area contributed by atoms with Crippen molar-refractivity contribution in [2.75, 3.05) is 25.4 Å². The second-order valence-corrected chi connectivity index (χ2v) is 5.12. The number of aryl methyl sites for hydroxylation is 1. The van der Waals surface area contributed by atoms with Gasteiger partial charge in [-0.2, -0.15) is 5.26 Å². The van der Waals surface area contributed by atoms with Gasteiger partial charge in [0.25, 0.3) is 5.91 Å². The van der Waals surface area contributed by atoms with Crippen molar-refractivity contribution in [2.24, 2.45) is 0 Å². The molecule has 0 aliphatic carbocycles. The second kappa shape index (κ2) is 4.73. The molecule has 1 aromatic rings. The molecule has 2 heterocycles. The fourth-order valence-corrected chi connectivity index (χ4v) is 2.58. The molecule has 0 saturated carbocycles. The van der Waals surface area contributed by atoms with E-state index in [4.69, 9.17) is 15.7 Å². The number of ether oxygens (including phenoxy) is 1. The van der Waals surface area contributed by atoms with Crippen molar-refractivity contribution in [1.82, 2.24) is 4.90 Å². The van der Waals surface area contributed by atoms with Crippen LogP contribution in [-0.2, 0) is 4.74 Å². The topological polar surface area (TPSA) is 79.3 Å². The zero-order chi connectivity index (χ0) is 12.4. The van der Waals surface area contributed by atoms with Crippen molar-refractivity contribution in [1.29, 1.82) is 5.26 Å². The molecule has 1 aliphatic heterocycles. The summed E-state index contributed by atoms with van der Waals surface area (Å²) < 4.78 is 5.20. The van der Waals surface area contributed by atoms with Gasteiger partial charge in [0.1, 0.15) is 0 Å². The number of rotatable bonds is 1. The van der Waals surface area contributed by atoms with Crippen molar-refractivity contribution < 1.29 is 9.53 Å². The lowest BCUT2D eigenvalue weighted by Gasteiger charge is -2.29. The molecule has 0 radical (unpaired) electrons. The highest BCUT2D eigenvalue weighted by Gasteiger charge is 2.25. The van der Waals surface area contributed by atoms with E-state index in [0.717, 1.165) is 4.88 Å². The molecule has 2 N–H and O–H groups in total. The van der Waals surface area contributed by atoms with Gasteiger partial charge in [-0.15, -0.1) is 11.3 Å². The molecule has 1 fully saturated rings. The Bertz CT molecular complexity index is 458. The number of amides is 1. The Morgan fingerprint density at radius 3 is 3.12 bits per heavy atom. The van der Waals surface area contributed by atoms with Gasteiger partial charge >= 0.3 is 0 Å². The Morgan fingerprint density at radius 2 is 2.53 bits per heavy atom.